The van der Waals surface area contributed by atoms with Crippen LogP contribution >= 0.6 is 0 Å². The molecule has 2 rings (SSSR count). The molecule has 0 fully saturated rings. The van der Waals surface area contributed by atoms with Crippen LogP contribution < -0.4 is 20.2 Å². The first-order valence-corrected chi connectivity index (χ1v) is 7.79. The van der Waals surface area contributed by atoms with E-state index in [4.69, 9.17) is 9.47 Å². The third kappa shape index (κ3) is 5.30. The van der Waals surface area contributed by atoms with Gasteiger partial charge in [0.1, 0.15) is 0 Å². The summed E-state index contributed by atoms with van der Waals surface area (Å²) in [6, 6.07) is 8.34. The molecule has 0 bridgehead atoms. The summed E-state index contributed by atoms with van der Waals surface area (Å²) < 4.78 is 10.3. The van der Waals surface area contributed by atoms with E-state index in [1.165, 1.54) is 20.4 Å². The minimum absolute atomic E-state index is 0.0294. The fraction of sp³-hybridized carbons (Fsp3) is 0.222. The molecule has 0 atom stereocenters. The maximum atomic E-state index is 12.1. The zero-order valence-corrected chi connectivity index (χ0v) is 14.8. The average molecular weight is 356 g/mol. The molecule has 0 aliphatic carbocycles. The van der Waals surface area contributed by atoms with Crippen molar-refractivity contribution in [2.75, 3.05) is 19.5 Å². The van der Waals surface area contributed by atoms with Crippen LogP contribution in [0.5, 0.6) is 11.5 Å². The van der Waals surface area contributed by atoms with E-state index in [9.17, 15) is 9.59 Å². The second-order valence-corrected chi connectivity index (χ2v) is 5.32. The van der Waals surface area contributed by atoms with Gasteiger partial charge >= 0.3 is 0 Å². The Labute approximate surface area is 151 Å². The number of benzene rings is 1. The molecule has 1 aromatic heterocycles. The van der Waals surface area contributed by atoms with Crippen molar-refractivity contribution in [3.8, 4) is 11.5 Å². The molecule has 0 radical (unpaired) electrons. The minimum atomic E-state index is -0.391. The van der Waals surface area contributed by atoms with Gasteiger partial charge in [-0.25, -0.2) is 5.43 Å². The van der Waals surface area contributed by atoms with Gasteiger partial charge in [0.2, 0.25) is 5.91 Å². The van der Waals surface area contributed by atoms with Crippen molar-refractivity contribution in [2.45, 2.75) is 13.3 Å². The maximum absolute atomic E-state index is 12.1. The number of hydrazone groups is 1. The molecule has 2 amide bonds. The number of amides is 2. The van der Waals surface area contributed by atoms with Crippen LogP contribution in [0.4, 0.5) is 5.69 Å². The Bertz CT molecular complexity index is 806. The van der Waals surface area contributed by atoms with Crippen LogP contribution in [0, 0.1) is 0 Å². The molecule has 8 nitrogen and oxygen atoms in total. The summed E-state index contributed by atoms with van der Waals surface area (Å²) >= 11 is 0. The van der Waals surface area contributed by atoms with Crippen LogP contribution in [0.1, 0.15) is 23.7 Å². The number of nitrogens with zero attached hydrogens (tertiary/aromatic N) is 2. The highest BCUT2D eigenvalue weighted by Gasteiger charge is 2.09. The second-order valence-electron chi connectivity index (χ2n) is 5.32. The highest BCUT2D eigenvalue weighted by molar-refractivity contribution is 6.06. The number of hydrogen-bond acceptors (Lipinski definition) is 6. The van der Waals surface area contributed by atoms with Crippen LogP contribution in [0.2, 0.25) is 0 Å². The largest absolute Gasteiger partial charge is 0.493 e. The third-order valence-corrected chi connectivity index (χ3v) is 3.36. The number of pyridine rings is 1. The molecule has 2 aromatic rings. The Morgan fingerprint density at radius 2 is 1.92 bits per heavy atom. The van der Waals surface area contributed by atoms with Crippen molar-refractivity contribution in [2.24, 2.45) is 5.10 Å². The molecule has 1 aromatic carbocycles. The van der Waals surface area contributed by atoms with Crippen LogP contribution in [0.3, 0.4) is 0 Å². The molecule has 0 saturated carbocycles. The summed E-state index contributed by atoms with van der Waals surface area (Å²) in [6.07, 6.45) is 3.04. The number of carbonyl (C=O) groups excluding carboxylic acids is 2. The smallest absolute Gasteiger partial charge is 0.272 e. The molecular formula is C18H20N4O4. The number of nitrogens with one attached hydrogen (secondary N) is 2. The Kier molecular flexibility index (Phi) is 6.67. The van der Waals surface area contributed by atoms with Gasteiger partial charge in [0, 0.05) is 29.9 Å². The van der Waals surface area contributed by atoms with E-state index in [1.807, 2.05) is 0 Å². The number of anilines is 1. The lowest BCUT2D eigenvalue weighted by atomic mass is 10.2. The molecule has 0 unspecified atom stereocenters. The molecule has 0 spiro atoms. The lowest BCUT2D eigenvalue weighted by molar-refractivity contribution is -0.115. The highest BCUT2D eigenvalue weighted by Crippen LogP contribution is 2.29. The normalized spacial score (nSPS) is 10.8. The standard InChI is InChI=1S/C18H20N4O4/c1-12(21-22-18(24)13-5-4-8-19-11-13)9-17(23)20-14-6-7-15(25-2)16(10-14)26-3/h4-8,10-11H,9H2,1-3H3,(H,20,23)(H,22,24)/b21-12-. The van der Waals surface area contributed by atoms with E-state index in [-0.39, 0.29) is 12.3 Å². The molecule has 136 valence electrons. The van der Waals surface area contributed by atoms with E-state index < -0.39 is 5.91 Å². The first-order valence-electron chi connectivity index (χ1n) is 7.79. The monoisotopic (exact) mass is 356 g/mol. The van der Waals surface area contributed by atoms with Crippen molar-refractivity contribution in [3.05, 3.63) is 48.3 Å². The molecule has 0 saturated heterocycles. The van der Waals surface area contributed by atoms with Gasteiger partial charge in [0.15, 0.2) is 11.5 Å². The zero-order valence-electron chi connectivity index (χ0n) is 14.8. The second kappa shape index (κ2) is 9.16. The number of carbonyl (C=O) groups is 2. The summed E-state index contributed by atoms with van der Waals surface area (Å²) in [5.74, 6) is 0.424. The van der Waals surface area contributed by atoms with Gasteiger partial charge in [-0.05, 0) is 31.2 Å². The van der Waals surface area contributed by atoms with Gasteiger partial charge in [-0.15, -0.1) is 0 Å². The fourth-order valence-electron chi connectivity index (χ4n) is 2.10. The predicted octanol–water partition coefficient (Wildman–Crippen LogP) is 2.23. The van der Waals surface area contributed by atoms with Gasteiger partial charge in [0.05, 0.1) is 26.2 Å². The number of ether oxygens (including phenoxy) is 2. The first kappa shape index (κ1) is 18.9. The van der Waals surface area contributed by atoms with Crippen LogP contribution in [-0.4, -0.2) is 36.7 Å². The lowest BCUT2D eigenvalue weighted by Crippen LogP contribution is -2.21. The Morgan fingerprint density at radius 1 is 1.15 bits per heavy atom. The summed E-state index contributed by atoms with van der Waals surface area (Å²) in [5.41, 5.74) is 3.81. The van der Waals surface area contributed by atoms with Gasteiger partial charge in [-0.1, -0.05) is 0 Å². The summed E-state index contributed by atoms with van der Waals surface area (Å²) in [6.45, 7) is 1.65. The maximum Gasteiger partial charge on any atom is 0.272 e. The molecular weight excluding hydrogens is 336 g/mol. The van der Waals surface area contributed by atoms with Gasteiger partial charge < -0.3 is 14.8 Å². The number of rotatable bonds is 7. The quantitative estimate of drug-likeness (QED) is 0.585. The molecule has 2 N–H and O–H groups in total. The van der Waals surface area contributed by atoms with E-state index in [0.29, 0.717) is 28.5 Å². The number of aromatic nitrogens is 1. The Balaban J connectivity index is 1.91. The van der Waals surface area contributed by atoms with Crippen molar-refractivity contribution >= 4 is 23.2 Å². The zero-order chi connectivity index (χ0) is 18.9. The topological polar surface area (TPSA) is 102 Å². The van der Waals surface area contributed by atoms with Crippen molar-refractivity contribution in [1.29, 1.82) is 0 Å². The van der Waals surface area contributed by atoms with E-state index in [0.717, 1.165) is 0 Å². The third-order valence-electron chi connectivity index (χ3n) is 3.36. The van der Waals surface area contributed by atoms with E-state index in [2.05, 4.69) is 20.8 Å². The van der Waals surface area contributed by atoms with Crippen LogP contribution in [-0.2, 0) is 4.79 Å². The number of methoxy groups -OCH3 is 2. The van der Waals surface area contributed by atoms with Crippen LogP contribution in [0.15, 0.2) is 47.8 Å². The Hall–Kier alpha value is -3.42. The van der Waals surface area contributed by atoms with E-state index >= 15 is 0 Å². The minimum Gasteiger partial charge on any atom is -0.493 e. The van der Waals surface area contributed by atoms with Gasteiger partial charge in [-0.3, -0.25) is 14.6 Å². The Morgan fingerprint density at radius 3 is 2.58 bits per heavy atom. The fourth-order valence-corrected chi connectivity index (χ4v) is 2.10. The first-order chi connectivity index (χ1) is 12.5. The van der Waals surface area contributed by atoms with Crippen molar-refractivity contribution in [1.82, 2.24) is 10.4 Å². The van der Waals surface area contributed by atoms with E-state index in [1.54, 1.807) is 43.5 Å². The number of hydrogen-bond donors (Lipinski definition) is 2. The summed E-state index contributed by atoms with van der Waals surface area (Å²) in [4.78, 5) is 27.8. The lowest BCUT2D eigenvalue weighted by Gasteiger charge is -2.10. The highest BCUT2D eigenvalue weighted by atomic mass is 16.5. The SMILES string of the molecule is COc1ccc(NC(=O)C/C(C)=N\NC(=O)c2cccnc2)cc1OC. The van der Waals surface area contributed by atoms with Crippen molar-refractivity contribution in [3.63, 3.8) is 0 Å². The summed E-state index contributed by atoms with van der Waals surface area (Å²) in [5, 5.41) is 6.67. The van der Waals surface area contributed by atoms with Crippen LogP contribution in [0.25, 0.3) is 0 Å². The molecule has 0 aliphatic heterocycles. The molecule has 1 heterocycles. The van der Waals surface area contributed by atoms with Gasteiger partial charge in [0.25, 0.3) is 5.91 Å². The van der Waals surface area contributed by atoms with Crippen molar-refractivity contribution < 1.29 is 19.1 Å². The molecule has 0 aliphatic rings. The molecule has 26 heavy (non-hydrogen) atoms. The van der Waals surface area contributed by atoms with Gasteiger partial charge in [-0.2, -0.15) is 5.10 Å². The molecule has 8 heteroatoms. The predicted molar refractivity (Wildman–Crippen MR) is 97.6 cm³/mol. The summed E-state index contributed by atoms with van der Waals surface area (Å²) in [7, 11) is 3.06. The average Bonchev–Trinajstić information content (AvgIpc) is 2.66.